The summed E-state index contributed by atoms with van der Waals surface area (Å²) in [4.78, 5) is 16.0. The normalized spacial score (nSPS) is 16.1. The van der Waals surface area contributed by atoms with Crippen molar-refractivity contribution in [2.45, 2.75) is 56.5 Å². The van der Waals surface area contributed by atoms with Crippen LogP contribution in [0, 0.1) is 0 Å². The molecule has 0 atom stereocenters. The van der Waals surface area contributed by atoms with Gasteiger partial charge in [-0.15, -0.1) is 11.8 Å². The number of carbonyl (C=O) groups is 1. The number of likely N-dealkylation sites (tertiary alicyclic amines) is 1. The van der Waals surface area contributed by atoms with E-state index in [-0.39, 0.29) is 11.3 Å². The van der Waals surface area contributed by atoms with Gasteiger partial charge in [-0.2, -0.15) is 0 Å². The van der Waals surface area contributed by atoms with Crippen LogP contribution in [-0.2, 0) is 16.8 Å². The Hall–Kier alpha value is -1.78. The second kappa shape index (κ2) is 9.62. The van der Waals surface area contributed by atoms with Gasteiger partial charge < -0.3 is 5.32 Å². The van der Waals surface area contributed by atoms with Crippen molar-refractivity contribution < 1.29 is 4.79 Å². The van der Waals surface area contributed by atoms with Crippen molar-refractivity contribution in [2.24, 2.45) is 0 Å². The first-order valence-corrected chi connectivity index (χ1v) is 11.2. The zero-order valence-corrected chi connectivity index (χ0v) is 18.1. The smallest absolute Gasteiger partial charge is 0.230 e. The Morgan fingerprint density at radius 1 is 1.04 bits per heavy atom. The van der Waals surface area contributed by atoms with Gasteiger partial charge in [-0.05, 0) is 41.5 Å². The molecule has 1 saturated heterocycles. The number of hydrogen-bond donors (Lipinski definition) is 1. The van der Waals surface area contributed by atoms with Crippen LogP contribution in [0.4, 0.5) is 0 Å². The lowest BCUT2D eigenvalue weighted by molar-refractivity contribution is -0.119. The molecule has 3 nitrogen and oxygen atoms in total. The van der Waals surface area contributed by atoms with Gasteiger partial charge >= 0.3 is 0 Å². The van der Waals surface area contributed by atoms with Crippen LogP contribution < -0.4 is 5.32 Å². The lowest BCUT2D eigenvalue weighted by Crippen LogP contribution is -2.44. The summed E-state index contributed by atoms with van der Waals surface area (Å²) in [6, 6.07) is 19.5. The first-order valence-electron chi connectivity index (χ1n) is 10.2. The van der Waals surface area contributed by atoms with Crippen LogP contribution in [0.5, 0.6) is 0 Å². The van der Waals surface area contributed by atoms with Crippen LogP contribution in [0.15, 0.2) is 59.5 Å². The quantitative estimate of drug-likeness (QED) is 0.708. The average Bonchev–Trinajstić information content (AvgIpc) is 2.68. The molecule has 2 aromatic carbocycles. The minimum Gasteiger partial charge on any atom is -0.353 e. The largest absolute Gasteiger partial charge is 0.353 e. The molecule has 150 valence electrons. The van der Waals surface area contributed by atoms with Crippen molar-refractivity contribution in [1.82, 2.24) is 10.2 Å². The molecule has 1 aliphatic rings. The molecule has 0 aliphatic carbocycles. The Morgan fingerprint density at radius 2 is 1.68 bits per heavy atom. The molecular formula is C24H32N2OS. The van der Waals surface area contributed by atoms with E-state index in [0.717, 1.165) is 37.4 Å². The number of rotatable bonds is 6. The van der Waals surface area contributed by atoms with Crippen LogP contribution in [-0.4, -0.2) is 35.7 Å². The van der Waals surface area contributed by atoms with Gasteiger partial charge in [0, 0.05) is 30.6 Å². The van der Waals surface area contributed by atoms with Gasteiger partial charge in [-0.25, -0.2) is 0 Å². The Labute approximate surface area is 173 Å². The Morgan fingerprint density at radius 3 is 2.29 bits per heavy atom. The van der Waals surface area contributed by atoms with Gasteiger partial charge in [0.2, 0.25) is 5.91 Å². The first kappa shape index (κ1) is 20.9. The molecule has 3 rings (SSSR count). The highest BCUT2D eigenvalue weighted by molar-refractivity contribution is 8.00. The Kier molecular flexibility index (Phi) is 7.19. The lowest BCUT2D eigenvalue weighted by Gasteiger charge is -2.32. The standard InChI is InChI=1S/C24H32N2OS/c1-24(2,3)20-9-11-22(12-10-20)28-18-23(27)25-21-13-15-26(16-14-21)17-19-7-5-4-6-8-19/h4-12,21H,13-18H2,1-3H3,(H,25,27). The minimum absolute atomic E-state index is 0.145. The van der Waals surface area contributed by atoms with E-state index in [1.54, 1.807) is 11.8 Å². The van der Waals surface area contributed by atoms with Crippen molar-refractivity contribution in [2.75, 3.05) is 18.8 Å². The van der Waals surface area contributed by atoms with E-state index in [0.29, 0.717) is 11.8 Å². The number of nitrogens with zero attached hydrogens (tertiary/aromatic N) is 1. The van der Waals surface area contributed by atoms with E-state index >= 15 is 0 Å². The van der Waals surface area contributed by atoms with Gasteiger partial charge in [-0.1, -0.05) is 63.2 Å². The second-order valence-electron chi connectivity index (χ2n) is 8.67. The van der Waals surface area contributed by atoms with Gasteiger partial charge in [0.05, 0.1) is 5.75 Å². The molecular weight excluding hydrogens is 364 g/mol. The summed E-state index contributed by atoms with van der Waals surface area (Å²) in [6.45, 7) is 9.74. The highest BCUT2D eigenvalue weighted by Crippen LogP contribution is 2.25. The maximum Gasteiger partial charge on any atom is 0.230 e. The van der Waals surface area contributed by atoms with E-state index in [9.17, 15) is 4.79 Å². The van der Waals surface area contributed by atoms with Crippen LogP contribution in [0.25, 0.3) is 0 Å². The van der Waals surface area contributed by atoms with Crippen LogP contribution in [0.2, 0.25) is 0 Å². The third-order valence-electron chi connectivity index (χ3n) is 5.29. The number of piperidine rings is 1. The third kappa shape index (κ3) is 6.39. The molecule has 28 heavy (non-hydrogen) atoms. The minimum atomic E-state index is 0.145. The number of carbonyl (C=O) groups excluding carboxylic acids is 1. The van der Waals surface area contributed by atoms with Gasteiger partial charge in [0.15, 0.2) is 0 Å². The molecule has 1 aliphatic heterocycles. The summed E-state index contributed by atoms with van der Waals surface area (Å²) in [5, 5.41) is 3.22. The summed E-state index contributed by atoms with van der Waals surface area (Å²) in [5.74, 6) is 0.630. The van der Waals surface area contributed by atoms with Gasteiger partial charge in [0.1, 0.15) is 0 Å². The van der Waals surface area contributed by atoms with Gasteiger partial charge in [-0.3, -0.25) is 9.69 Å². The fraction of sp³-hybridized carbons (Fsp3) is 0.458. The number of thioether (sulfide) groups is 1. The molecule has 0 saturated carbocycles. The first-order chi connectivity index (χ1) is 13.4. The predicted octanol–water partition coefficient (Wildman–Crippen LogP) is 4.86. The number of nitrogens with one attached hydrogen (secondary N) is 1. The summed E-state index contributed by atoms with van der Waals surface area (Å²) < 4.78 is 0. The molecule has 0 aromatic heterocycles. The zero-order chi connectivity index (χ0) is 20.0. The van der Waals surface area contributed by atoms with Crippen LogP contribution in [0.1, 0.15) is 44.7 Å². The lowest BCUT2D eigenvalue weighted by atomic mass is 9.87. The molecule has 1 heterocycles. The molecule has 0 spiro atoms. The summed E-state index contributed by atoms with van der Waals surface area (Å²) >= 11 is 1.62. The van der Waals surface area contributed by atoms with Crippen LogP contribution >= 0.6 is 11.8 Å². The summed E-state index contributed by atoms with van der Waals surface area (Å²) in [7, 11) is 0. The fourth-order valence-electron chi connectivity index (χ4n) is 3.55. The van der Waals surface area contributed by atoms with Crippen LogP contribution in [0.3, 0.4) is 0 Å². The van der Waals surface area contributed by atoms with Crippen molar-refractivity contribution in [1.29, 1.82) is 0 Å². The average molecular weight is 397 g/mol. The number of benzene rings is 2. The highest BCUT2D eigenvalue weighted by atomic mass is 32.2. The molecule has 0 radical (unpaired) electrons. The molecule has 1 amide bonds. The van der Waals surface area contributed by atoms with E-state index < -0.39 is 0 Å². The SMILES string of the molecule is CC(C)(C)c1ccc(SCC(=O)NC2CCN(Cc3ccccc3)CC2)cc1. The summed E-state index contributed by atoms with van der Waals surface area (Å²) in [5.41, 5.74) is 2.85. The van der Waals surface area contributed by atoms with Crippen molar-refractivity contribution in [3.63, 3.8) is 0 Å². The highest BCUT2D eigenvalue weighted by Gasteiger charge is 2.20. The van der Waals surface area contributed by atoms with Crippen molar-refractivity contribution in [3.8, 4) is 0 Å². The maximum absolute atomic E-state index is 12.3. The maximum atomic E-state index is 12.3. The van der Waals surface area contributed by atoms with Gasteiger partial charge in [0.25, 0.3) is 0 Å². The summed E-state index contributed by atoms with van der Waals surface area (Å²) in [6.07, 6.45) is 2.06. The second-order valence-corrected chi connectivity index (χ2v) is 9.72. The monoisotopic (exact) mass is 396 g/mol. The van der Waals surface area contributed by atoms with Crippen molar-refractivity contribution in [3.05, 3.63) is 65.7 Å². The van der Waals surface area contributed by atoms with E-state index in [4.69, 9.17) is 0 Å². The molecule has 0 bridgehead atoms. The zero-order valence-electron chi connectivity index (χ0n) is 17.3. The third-order valence-corrected chi connectivity index (χ3v) is 6.30. The molecule has 2 aromatic rings. The number of hydrogen-bond acceptors (Lipinski definition) is 3. The van der Waals surface area contributed by atoms with E-state index in [2.05, 4.69) is 85.6 Å². The fourth-order valence-corrected chi connectivity index (χ4v) is 4.26. The van der Waals surface area contributed by atoms with E-state index in [1.807, 2.05) is 0 Å². The predicted molar refractivity (Wildman–Crippen MR) is 119 cm³/mol. The number of amides is 1. The molecule has 1 fully saturated rings. The Bertz CT molecular complexity index is 744. The molecule has 0 unspecified atom stereocenters. The van der Waals surface area contributed by atoms with Crippen molar-refractivity contribution >= 4 is 17.7 Å². The Balaban J connectivity index is 1.37. The molecule has 1 N–H and O–H groups in total. The van der Waals surface area contributed by atoms with E-state index in [1.165, 1.54) is 11.1 Å². The molecule has 4 heteroatoms. The topological polar surface area (TPSA) is 32.3 Å².